The maximum absolute atomic E-state index is 2.51. The summed E-state index contributed by atoms with van der Waals surface area (Å²) in [5, 5.41) is 0. The molecule has 0 bridgehead atoms. The maximum Gasteiger partial charge on any atom is 0.0498 e. The van der Waals surface area contributed by atoms with Crippen LogP contribution in [0.1, 0.15) is 45.7 Å². The summed E-state index contributed by atoms with van der Waals surface area (Å²) in [6.07, 6.45) is 0. The molecule has 1 nitrogen and oxygen atoms in total. The van der Waals surface area contributed by atoms with E-state index in [-0.39, 0.29) is 11.0 Å². The molecule has 0 amide bonds. The summed E-state index contributed by atoms with van der Waals surface area (Å²) in [5.74, 6) is 0. The Morgan fingerprint density at radius 1 is 0.526 bits per heavy atom. The highest BCUT2D eigenvalue weighted by Gasteiger charge is 2.38. The molecule has 1 heteroatoms. The minimum atomic E-state index is -0.106. The van der Waals surface area contributed by atoms with Gasteiger partial charge in [-0.25, -0.2) is 0 Å². The summed E-state index contributed by atoms with van der Waals surface area (Å²) in [5.41, 5.74) is 12.8. The van der Waals surface area contributed by atoms with Crippen molar-refractivity contribution in [1.29, 1.82) is 0 Å². The van der Waals surface area contributed by atoms with Crippen LogP contribution in [0, 0.1) is 0 Å². The lowest BCUT2D eigenvalue weighted by molar-refractivity contribution is 0.560. The standard InChI is InChI=1S/C37H35N/c1-36(2,3)38(34-20-12-19-33-35(34)31-17-9-10-18-32(31)37(33,4)5)30-23-21-27(22-24-30)29-16-11-15-28(25-29)26-13-7-6-8-14-26/h6-25H,1-5H3. The van der Waals surface area contributed by atoms with Gasteiger partial charge in [0.05, 0.1) is 0 Å². The van der Waals surface area contributed by atoms with E-state index in [2.05, 4.69) is 161 Å². The second-order valence-corrected chi connectivity index (χ2v) is 11.9. The zero-order chi connectivity index (χ0) is 26.5. The lowest BCUT2D eigenvalue weighted by Gasteiger charge is -2.39. The van der Waals surface area contributed by atoms with Gasteiger partial charge in [-0.2, -0.15) is 0 Å². The number of rotatable bonds is 4. The first-order valence-corrected chi connectivity index (χ1v) is 13.5. The van der Waals surface area contributed by atoms with Crippen molar-refractivity contribution in [2.45, 2.75) is 45.6 Å². The van der Waals surface area contributed by atoms with Gasteiger partial charge in [-0.15, -0.1) is 0 Å². The van der Waals surface area contributed by atoms with Crippen LogP contribution in [0.15, 0.2) is 121 Å². The SMILES string of the molecule is CC1(C)c2ccccc2-c2c(N(c3ccc(-c4cccc(-c5ccccc5)c4)cc3)C(C)(C)C)cccc21. The van der Waals surface area contributed by atoms with Crippen molar-refractivity contribution >= 4 is 11.4 Å². The molecular weight excluding hydrogens is 458 g/mol. The Hall–Kier alpha value is -4.10. The zero-order valence-corrected chi connectivity index (χ0v) is 23.0. The van der Waals surface area contributed by atoms with Crippen LogP contribution >= 0.6 is 0 Å². The molecule has 38 heavy (non-hydrogen) atoms. The third-order valence-electron chi connectivity index (χ3n) is 7.93. The first-order chi connectivity index (χ1) is 18.2. The minimum Gasteiger partial charge on any atom is -0.336 e. The van der Waals surface area contributed by atoms with Crippen molar-refractivity contribution in [2.75, 3.05) is 4.90 Å². The molecule has 0 saturated carbocycles. The van der Waals surface area contributed by atoms with Gasteiger partial charge < -0.3 is 4.90 Å². The van der Waals surface area contributed by atoms with Crippen LogP contribution in [0.2, 0.25) is 0 Å². The van der Waals surface area contributed by atoms with Gasteiger partial charge in [-0.3, -0.25) is 0 Å². The van der Waals surface area contributed by atoms with Crippen LogP contribution in [0.4, 0.5) is 11.4 Å². The molecule has 188 valence electrons. The van der Waals surface area contributed by atoms with Crippen LogP contribution in [0.5, 0.6) is 0 Å². The summed E-state index contributed by atoms with van der Waals surface area (Å²) < 4.78 is 0. The molecule has 0 heterocycles. The number of anilines is 2. The molecule has 0 spiro atoms. The van der Waals surface area contributed by atoms with E-state index in [9.17, 15) is 0 Å². The average molecular weight is 494 g/mol. The van der Waals surface area contributed by atoms with Gasteiger partial charge >= 0.3 is 0 Å². The quantitative estimate of drug-likeness (QED) is 0.241. The fourth-order valence-corrected chi connectivity index (χ4v) is 6.12. The first-order valence-electron chi connectivity index (χ1n) is 13.5. The topological polar surface area (TPSA) is 3.24 Å². The number of nitrogens with zero attached hydrogens (tertiary/aromatic N) is 1. The Balaban J connectivity index is 1.43. The average Bonchev–Trinajstić information content (AvgIpc) is 3.16. The zero-order valence-electron chi connectivity index (χ0n) is 23.0. The second kappa shape index (κ2) is 9.03. The highest BCUT2D eigenvalue weighted by Crippen LogP contribution is 2.53. The number of hydrogen-bond acceptors (Lipinski definition) is 1. The molecule has 0 radical (unpaired) electrons. The van der Waals surface area contributed by atoms with Crippen molar-refractivity contribution in [3.05, 3.63) is 132 Å². The molecule has 0 aromatic heterocycles. The Morgan fingerprint density at radius 3 is 1.76 bits per heavy atom. The van der Waals surface area contributed by atoms with Gasteiger partial charge in [-0.1, -0.05) is 111 Å². The normalized spacial score (nSPS) is 13.6. The highest BCUT2D eigenvalue weighted by molar-refractivity contribution is 5.92. The maximum atomic E-state index is 2.51. The van der Waals surface area contributed by atoms with Crippen molar-refractivity contribution in [3.63, 3.8) is 0 Å². The van der Waals surface area contributed by atoms with E-state index >= 15 is 0 Å². The minimum absolute atomic E-state index is 0.0148. The number of hydrogen-bond donors (Lipinski definition) is 0. The second-order valence-electron chi connectivity index (χ2n) is 11.9. The Labute approximate surface area is 227 Å². The Morgan fingerprint density at radius 2 is 1.08 bits per heavy atom. The number of fused-ring (bicyclic) bond motifs is 3. The van der Waals surface area contributed by atoms with Crippen molar-refractivity contribution in [2.24, 2.45) is 0 Å². The molecule has 0 N–H and O–H groups in total. The van der Waals surface area contributed by atoms with Crippen LogP contribution in [0.3, 0.4) is 0 Å². The van der Waals surface area contributed by atoms with Crippen molar-refractivity contribution in [1.82, 2.24) is 0 Å². The molecule has 5 aromatic carbocycles. The Bertz CT molecular complexity index is 1600. The fraction of sp³-hybridized carbons (Fsp3) is 0.189. The molecular formula is C37H35N. The fourth-order valence-electron chi connectivity index (χ4n) is 6.12. The van der Waals surface area contributed by atoms with E-state index in [0.29, 0.717) is 0 Å². The van der Waals surface area contributed by atoms with E-state index in [1.54, 1.807) is 0 Å². The predicted molar refractivity (Wildman–Crippen MR) is 163 cm³/mol. The van der Waals surface area contributed by atoms with Crippen molar-refractivity contribution < 1.29 is 0 Å². The molecule has 0 fully saturated rings. The molecule has 0 atom stereocenters. The lowest BCUT2D eigenvalue weighted by Crippen LogP contribution is -2.38. The van der Waals surface area contributed by atoms with E-state index in [0.717, 1.165) is 0 Å². The van der Waals surface area contributed by atoms with E-state index in [1.165, 1.54) is 55.9 Å². The highest BCUT2D eigenvalue weighted by atomic mass is 15.2. The van der Waals surface area contributed by atoms with Gasteiger partial charge in [0.15, 0.2) is 0 Å². The molecule has 0 unspecified atom stereocenters. The molecule has 1 aliphatic rings. The van der Waals surface area contributed by atoms with E-state index < -0.39 is 0 Å². The van der Waals surface area contributed by atoms with Gasteiger partial charge in [0.2, 0.25) is 0 Å². The van der Waals surface area contributed by atoms with Crippen LogP contribution in [0.25, 0.3) is 33.4 Å². The summed E-state index contributed by atoms with van der Waals surface area (Å²) >= 11 is 0. The molecule has 5 aromatic rings. The Kier molecular flexibility index (Phi) is 5.76. The summed E-state index contributed by atoms with van der Waals surface area (Å²) in [4.78, 5) is 2.51. The summed E-state index contributed by atoms with van der Waals surface area (Å²) in [7, 11) is 0. The molecule has 1 aliphatic carbocycles. The summed E-state index contributed by atoms with van der Waals surface area (Å²) in [6.45, 7) is 11.6. The van der Waals surface area contributed by atoms with Crippen LogP contribution in [-0.2, 0) is 5.41 Å². The monoisotopic (exact) mass is 493 g/mol. The van der Waals surface area contributed by atoms with E-state index in [4.69, 9.17) is 0 Å². The summed E-state index contributed by atoms with van der Waals surface area (Å²) in [6, 6.07) is 44.2. The van der Waals surface area contributed by atoms with Gasteiger partial charge in [-0.05, 0) is 84.0 Å². The third-order valence-corrected chi connectivity index (χ3v) is 7.93. The van der Waals surface area contributed by atoms with Crippen molar-refractivity contribution in [3.8, 4) is 33.4 Å². The first kappa shape index (κ1) is 24.2. The third kappa shape index (κ3) is 4.03. The van der Waals surface area contributed by atoms with Gasteiger partial charge in [0.1, 0.15) is 0 Å². The largest absolute Gasteiger partial charge is 0.336 e. The number of benzene rings is 5. The molecule has 6 rings (SSSR count). The molecule has 0 saturated heterocycles. The predicted octanol–water partition coefficient (Wildman–Crippen LogP) is 10.3. The van der Waals surface area contributed by atoms with Crippen LogP contribution in [-0.4, -0.2) is 5.54 Å². The van der Waals surface area contributed by atoms with Crippen LogP contribution < -0.4 is 4.90 Å². The molecule has 0 aliphatic heterocycles. The smallest absolute Gasteiger partial charge is 0.0498 e. The lowest BCUT2D eigenvalue weighted by atomic mass is 9.82. The van der Waals surface area contributed by atoms with Gasteiger partial charge in [0.25, 0.3) is 0 Å². The van der Waals surface area contributed by atoms with Gasteiger partial charge in [0, 0.05) is 27.9 Å². The van der Waals surface area contributed by atoms with E-state index in [1.807, 2.05) is 0 Å².